The molecule has 0 saturated carbocycles. The van der Waals surface area contributed by atoms with Crippen LogP contribution in [-0.2, 0) is 11.2 Å². The van der Waals surface area contributed by atoms with Gasteiger partial charge in [0, 0.05) is 18.1 Å². The molecule has 7 nitrogen and oxygen atoms in total. The summed E-state index contributed by atoms with van der Waals surface area (Å²) in [5.74, 6) is 0.848. The van der Waals surface area contributed by atoms with E-state index >= 15 is 0 Å². The summed E-state index contributed by atoms with van der Waals surface area (Å²) in [4.78, 5) is 36.0. The van der Waals surface area contributed by atoms with Gasteiger partial charge in [0.05, 0.1) is 22.6 Å². The summed E-state index contributed by atoms with van der Waals surface area (Å²) in [5, 5.41) is 1.12. The molecular formula is C30H33ClN4O3. The lowest BCUT2D eigenvalue weighted by Gasteiger charge is -2.31. The summed E-state index contributed by atoms with van der Waals surface area (Å²) in [7, 11) is 3.91. The van der Waals surface area contributed by atoms with Gasteiger partial charge in [-0.1, -0.05) is 42.8 Å². The van der Waals surface area contributed by atoms with Crippen molar-refractivity contribution >= 4 is 28.4 Å². The average Bonchev–Trinajstić information content (AvgIpc) is 2.92. The molecule has 4 rings (SSSR count). The maximum atomic E-state index is 13.8. The molecule has 1 atom stereocenters. The molecule has 1 unspecified atom stereocenters. The Bertz CT molecular complexity index is 1450. The number of hydrogen-bond donors (Lipinski definition) is 0. The molecular weight excluding hydrogens is 500 g/mol. The summed E-state index contributed by atoms with van der Waals surface area (Å²) < 4.78 is 7.41. The fourth-order valence-corrected chi connectivity index (χ4v) is 4.43. The van der Waals surface area contributed by atoms with Crippen LogP contribution < -0.4 is 10.3 Å². The van der Waals surface area contributed by atoms with Crippen molar-refractivity contribution in [3.8, 4) is 11.4 Å². The number of fused-ring (bicyclic) bond motifs is 1. The molecule has 38 heavy (non-hydrogen) atoms. The number of aromatic nitrogens is 2. The van der Waals surface area contributed by atoms with Crippen LogP contribution >= 0.6 is 11.6 Å². The van der Waals surface area contributed by atoms with Gasteiger partial charge >= 0.3 is 0 Å². The van der Waals surface area contributed by atoms with Crippen molar-refractivity contribution in [3.63, 3.8) is 0 Å². The van der Waals surface area contributed by atoms with Crippen LogP contribution in [0.3, 0.4) is 0 Å². The lowest BCUT2D eigenvalue weighted by Crippen LogP contribution is -2.43. The third-order valence-electron chi connectivity index (χ3n) is 6.53. The van der Waals surface area contributed by atoms with E-state index in [1.807, 2.05) is 68.4 Å². The molecule has 1 heterocycles. The second kappa shape index (κ2) is 12.2. The summed E-state index contributed by atoms with van der Waals surface area (Å²) in [6, 6.07) is 21.6. The van der Waals surface area contributed by atoms with Crippen LogP contribution in [0.1, 0.15) is 31.3 Å². The summed E-state index contributed by atoms with van der Waals surface area (Å²) in [5.41, 5.74) is 2.31. The molecule has 0 N–H and O–H groups in total. The van der Waals surface area contributed by atoms with Gasteiger partial charge in [0.15, 0.2) is 6.61 Å². The summed E-state index contributed by atoms with van der Waals surface area (Å²) in [6.07, 6.45) is 0.898. The van der Waals surface area contributed by atoms with Gasteiger partial charge in [-0.25, -0.2) is 4.98 Å². The van der Waals surface area contributed by atoms with E-state index in [2.05, 4.69) is 6.92 Å². The second-order valence-corrected chi connectivity index (χ2v) is 9.89. The largest absolute Gasteiger partial charge is 0.484 e. The van der Waals surface area contributed by atoms with E-state index < -0.39 is 6.04 Å². The number of aryl methyl sites for hydroxylation is 1. The highest BCUT2D eigenvalue weighted by atomic mass is 35.5. The van der Waals surface area contributed by atoms with Crippen molar-refractivity contribution in [1.29, 1.82) is 0 Å². The van der Waals surface area contributed by atoms with E-state index in [-0.39, 0.29) is 18.1 Å². The van der Waals surface area contributed by atoms with Crippen LogP contribution in [0.5, 0.6) is 5.75 Å². The Hall–Kier alpha value is -3.68. The Morgan fingerprint density at radius 2 is 1.68 bits per heavy atom. The number of carbonyl (C=O) groups is 1. The number of para-hydroxylation sites is 1. The lowest BCUT2D eigenvalue weighted by atomic mass is 10.1. The normalized spacial score (nSPS) is 12.1. The van der Waals surface area contributed by atoms with E-state index in [1.165, 1.54) is 5.56 Å². The molecule has 198 valence electrons. The zero-order chi connectivity index (χ0) is 27.2. The molecule has 0 saturated heterocycles. The molecule has 0 bridgehead atoms. The summed E-state index contributed by atoms with van der Waals surface area (Å²) >= 11 is 5.97. The van der Waals surface area contributed by atoms with Crippen LogP contribution in [0.25, 0.3) is 16.6 Å². The average molecular weight is 533 g/mol. The first-order valence-electron chi connectivity index (χ1n) is 12.7. The number of rotatable bonds is 10. The van der Waals surface area contributed by atoms with E-state index in [0.717, 1.165) is 6.42 Å². The number of amides is 1. The molecule has 0 aliphatic rings. The van der Waals surface area contributed by atoms with Crippen LogP contribution in [-0.4, -0.2) is 59.0 Å². The highest BCUT2D eigenvalue weighted by molar-refractivity contribution is 6.30. The minimum atomic E-state index is -0.501. The number of likely N-dealkylation sites (N-methyl/N-ethyl adjacent to an activating group) is 1. The van der Waals surface area contributed by atoms with Crippen molar-refractivity contribution < 1.29 is 9.53 Å². The summed E-state index contributed by atoms with van der Waals surface area (Å²) in [6.45, 7) is 4.92. The zero-order valence-electron chi connectivity index (χ0n) is 22.2. The highest BCUT2D eigenvalue weighted by Crippen LogP contribution is 2.24. The Morgan fingerprint density at radius 3 is 2.34 bits per heavy atom. The maximum absolute atomic E-state index is 13.8. The number of carbonyl (C=O) groups excluding carboxylic acids is 1. The first-order chi connectivity index (χ1) is 18.3. The van der Waals surface area contributed by atoms with Gasteiger partial charge < -0.3 is 14.5 Å². The standard InChI is InChI=1S/C30H33ClN4O3/c1-5-22-10-14-24(15-11-22)35-29(32-27-9-7-6-8-26(27)30(35)37)21(2)34(19-18-33(3)4)28(36)20-38-25-16-12-23(31)13-17-25/h6-17,21H,5,18-20H2,1-4H3. The number of halogens is 1. The number of benzene rings is 3. The van der Waals surface area contributed by atoms with Gasteiger partial charge in [-0.15, -0.1) is 0 Å². The van der Waals surface area contributed by atoms with Gasteiger partial charge in [-0.3, -0.25) is 14.2 Å². The Kier molecular flexibility index (Phi) is 8.81. The SMILES string of the molecule is CCc1ccc(-n2c(C(C)N(CCN(C)C)C(=O)COc3ccc(Cl)cc3)nc3ccccc3c2=O)cc1. The van der Waals surface area contributed by atoms with Crippen LogP contribution in [0, 0.1) is 0 Å². The van der Waals surface area contributed by atoms with Crippen molar-refractivity contribution in [2.45, 2.75) is 26.3 Å². The predicted molar refractivity (Wildman–Crippen MR) is 152 cm³/mol. The van der Waals surface area contributed by atoms with E-state index in [0.29, 0.717) is 46.3 Å². The minimum Gasteiger partial charge on any atom is -0.484 e. The van der Waals surface area contributed by atoms with Gasteiger partial charge in [0.1, 0.15) is 11.6 Å². The predicted octanol–water partition coefficient (Wildman–Crippen LogP) is 5.13. The van der Waals surface area contributed by atoms with E-state index in [1.54, 1.807) is 39.8 Å². The molecule has 0 radical (unpaired) electrons. The molecule has 4 aromatic rings. The zero-order valence-corrected chi connectivity index (χ0v) is 23.0. The highest BCUT2D eigenvalue weighted by Gasteiger charge is 2.27. The Morgan fingerprint density at radius 1 is 1.00 bits per heavy atom. The first-order valence-corrected chi connectivity index (χ1v) is 13.1. The number of nitrogens with zero attached hydrogens (tertiary/aromatic N) is 4. The number of hydrogen-bond acceptors (Lipinski definition) is 5. The van der Waals surface area contributed by atoms with E-state index in [9.17, 15) is 9.59 Å². The molecule has 1 amide bonds. The fourth-order valence-electron chi connectivity index (χ4n) is 4.30. The molecule has 1 aromatic heterocycles. The quantitative estimate of drug-likeness (QED) is 0.283. The van der Waals surface area contributed by atoms with Crippen molar-refractivity contribution in [2.24, 2.45) is 0 Å². The maximum Gasteiger partial charge on any atom is 0.266 e. The molecule has 0 spiro atoms. The lowest BCUT2D eigenvalue weighted by molar-refractivity contribution is -0.136. The Labute approximate surface area is 228 Å². The molecule has 0 aliphatic heterocycles. The fraction of sp³-hybridized carbons (Fsp3) is 0.300. The second-order valence-electron chi connectivity index (χ2n) is 9.46. The first kappa shape index (κ1) is 27.4. The van der Waals surface area contributed by atoms with Crippen molar-refractivity contribution in [1.82, 2.24) is 19.4 Å². The topological polar surface area (TPSA) is 67.7 Å². The van der Waals surface area contributed by atoms with Gasteiger partial charge in [0.25, 0.3) is 11.5 Å². The van der Waals surface area contributed by atoms with Crippen LogP contribution in [0.2, 0.25) is 5.02 Å². The van der Waals surface area contributed by atoms with Gasteiger partial charge in [-0.2, -0.15) is 0 Å². The van der Waals surface area contributed by atoms with Crippen molar-refractivity contribution in [3.05, 3.63) is 99.6 Å². The molecule has 8 heteroatoms. The third-order valence-corrected chi connectivity index (χ3v) is 6.78. The van der Waals surface area contributed by atoms with E-state index in [4.69, 9.17) is 21.3 Å². The minimum absolute atomic E-state index is 0.150. The number of ether oxygens (including phenoxy) is 1. The smallest absolute Gasteiger partial charge is 0.266 e. The molecule has 0 aliphatic carbocycles. The van der Waals surface area contributed by atoms with Gasteiger partial charge in [-0.05, 0) is 81.5 Å². The Balaban J connectivity index is 1.75. The molecule has 0 fully saturated rings. The third kappa shape index (κ3) is 6.23. The molecule has 3 aromatic carbocycles. The van der Waals surface area contributed by atoms with Crippen molar-refractivity contribution in [2.75, 3.05) is 33.8 Å². The monoisotopic (exact) mass is 532 g/mol. The van der Waals surface area contributed by atoms with Crippen LogP contribution in [0.4, 0.5) is 0 Å². The van der Waals surface area contributed by atoms with Crippen LogP contribution in [0.15, 0.2) is 77.6 Å². The van der Waals surface area contributed by atoms with Gasteiger partial charge in [0.2, 0.25) is 0 Å².